The zero-order valence-electron chi connectivity index (χ0n) is 21.2. The third-order valence-corrected chi connectivity index (χ3v) is 7.62. The van der Waals surface area contributed by atoms with Crippen molar-refractivity contribution < 1.29 is 14.6 Å². The monoisotopic (exact) mass is 513 g/mol. The average molecular weight is 514 g/mol. The second-order valence-corrected chi connectivity index (χ2v) is 10.2. The fourth-order valence-electron chi connectivity index (χ4n) is 5.39. The number of nitrogen functional groups attached to an aromatic ring is 1. The number of hydrogen-bond acceptors (Lipinski definition) is 8. The van der Waals surface area contributed by atoms with Gasteiger partial charge in [0.15, 0.2) is 5.65 Å². The van der Waals surface area contributed by atoms with Crippen LogP contribution in [-0.2, 0) is 11.3 Å². The molecule has 6 rings (SSSR count). The van der Waals surface area contributed by atoms with Crippen molar-refractivity contribution in [2.45, 2.75) is 37.3 Å². The number of ether oxygens (including phenoxy) is 1. The van der Waals surface area contributed by atoms with E-state index in [0.29, 0.717) is 53.4 Å². The number of carbonyl (C=O) groups is 1. The molecule has 1 saturated heterocycles. The number of amides is 1. The number of piperidine rings is 1. The standard InChI is InChI=1S/C28H31N7O3/c1-38-22-13-18(7-8-21(22)33-27(36)20-14-19(20)17-5-3-2-4-6-17)24-23-25(29)31-16-32-26(23)35(34-24)15-28(37)9-11-30-12-10-28/h2-8,13,16,19-20,30,37H,9-12,14-15H2,1H3,(H,33,36)(H2,29,31,32). The van der Waals surface area contributed by atoms with Crippen LogP contribution in [0.4, 0.5) is 11.5 Å². The summed E-state index contributed by atoms with van der Waals surface area (Å²) in [6, 6.07) is 15.6. The predicted octanol–water partition coefficient (Wildman–Crippen LogP) is 2.94. The molecule has 0 bridgehead atoms. The first-order valence-corrected chi connectivity index (χ1v) is 12.9. The number of nitrogens with two attached hydrogens (primary N) is 1. The minimum Gasteiger partial charge on any atom is -0.495 e. The maximum Gasteiger partial charge on any atom is 0.228 e. The van der Waals surface area contributed by atoms with Crippen LogP contribution in [0.15, 0.2) is 54.9 Å². The number of benzene rings is 2. The number of fused-ring (bicyclic) bond motifs is 1. The molecular formula is C28H31N7O3. The first-order chi connectivity index (χ1) is 18.5. The maximum atomic E-state index is 13.0. The third kappa shape index (κ3) is 4.57. The van der Waals surface area contributed by atoms with Crippen LogP contribution < -0.4 is 21.1 Å². The van der Waals surface area contributed by atoms with Crippen LogP contribution in [-0.4, -0.2) is 56.6 Å². The molecule has 10 heteroatoms. The van der Waals surface area contributed by atoms with E-state index in [1.165, 1.54) is 11.9 Å². The molecule has 1 amide bonds. The fraction of sp³-hybridized carbons (Fsp3) is 0.357. The van der Waals surface area contributed by atoms with Crippen molar-refractivity contribution in [2.75, 3.05) is 31.2 Å². The molecule has 38 heavy (non-hydrogen) atoms. The van der Waals surface area contributed by atoms with Gasteiger partial charge in [0.1, 0.15) is 23.6 Å². The Bertz CT molecular complexity index is 1480. The van der Waals surface area contributed by atoms with E-state index in [9.17, 15) is 9.90 Å². The number of aromatic nitrogens is 4. The van der Waals surface area contributed by atoms with Gasteiger partial charge in [0, 0.05) is 11.5 Å². The van der Waals surface area contributed by atoms with Gasteiger partial charge in [-0.15, -0.1) is 0 Å². The quantitative estimate of drug-likeness (QED) is 0.296. The summed E-state index contributed by atoms with van der Waals surface area (Å²) in [7, 11) is 1.57. The van der Waals surface area contributed by atoms with E-state index in [0.717, 1.165) is 25.1 Å². The summed E-state index contributed by atoms with van der Waals surface area (Å²) < 4.78 is 7.36. The lowest BCUT2D eigenvalue weighted by Crippen LogP contribution is -2.45. The van der Waals surface area contributed by atoms with Crippen LogP contribution in [0.5, 0.6) is 5.75 Å². The van der Waals surface area contributed by atoms with Gasteiger partial charge in [-0.2, -0.15) is 5.10 Å². The Kier molecular flexibility index (Phi) is 6.21. The van der Waals surface area contributed by atoms with E-state index in [1.807, 2.05) is 36.4 Å². The number of hydrogen-bond donors (Lipinski definition) is 4. The number of aliphatic hydroxyl groups is 1. The van der Waals surface area contributed by atoms with Gasteiger partial charge in [-0.3, -0.25) is 4.79 Å². The molecule has 2 fully saturated rings. The molecule has 1 aliphatic heterocycles. The lowest BCUT2D eigenvalue weighted by molar-refractivity contribution is -0.117. The van der Waals surface area contributed by atoms with Gasteiger partial charge in [-0.05, 0) is 56.0 Å². The first kappa shape index (κ1) is 24.3. The van der Waals surface area contributed by atoms with E-state index in [4.69, 9.17) is 15.6 Å². The number of nitrogens with one attached hydrogen (secondary N) is 2. The van der Waals surface area contributed by atoms with E-state index >= 15 is 0 Å². The van der Waals surface area contributed by atoms with Crippen LogP contribution in [0, 0.1) is 5.92 Å². The van der Waals surface area contributed by atoms with Gasteiger partial charge in [0.25, 0.3) is 0 Å². The summed E-state index contributed by atoms with van der Waals surface area (Å²) in [5.41, 5.74) is 9.08. The summed E-state index contributed by atoms with van der Waals surface area (Å²) in [5.74, 6) is 0.995. The van der Waals surface area contributed by atoms with Crippen molar-refractivity contribution >= 4 is 28.4 Å². The Morgan fingerprint density at radius 3 is 2.76 bits per heavy atom. The summed E-state index contributed by atoms with van der Waals surface area (Å²) in [5, 5.41) is 22.9. The van der Waals surface area contributed by atoms with Crippen molar-refractivity contribution in [2.24, 2.45) is 5.92 Å². The van der Waals surface area contributed by atoms with Gasteiger partial charge in [-0.25, -0.2) is 14.6 Å². The Hall–Kier alpha value is -4.02. The topological polar surface area (TPSA) is 140 Å². The molecule has 2 unspecified atom stereocenters. The number of nitrogens with zero attached hydrogens (tertiary/aromatic N) is 4. The Morgan fingerprint density at radius 1 is 1.21 bits per heavy atom. The fourth-order valence-corrected chi connectivity index (χ4v) is 5.39. The zero-order valence-corrected chi connectivity index (χ0v) is 21.2. The predicted molar refractivity (Wildman–Crippen MR) is 145 cm³/mol. The van der Waals surface area contributed by atoms with Crippen molar-refractivity contribution in [3.63, 3.8) is 0 Å². The van der Waals surface area contributed by atoms with E-state index in [2.05, 4.69) is 32.7 Å². The number of carbonyl (C=O) groups excluding carboxylic acids is 1. The normalized spacial score (nSPS) is 20.3. The minimum atomic E-state index is -0.882. The molecule has 10 nitrogen and oxygen atoms in total. The van der Waals surface area contributed by atoms with Gasteiger partial charge < -0.3 is 26.2 Å². The van der Waals surface area contributed by atoms with E-state index in [-0.39, 0.29) is 17.7 Å². The molecule has 2 aromatic carbocycles. The molecular weight excluding hydrogens is 482 g/mol. The highest BCUT2D eigenvalue weighted by Crippen LogP contribution is 2.48. The van der Waals surface area contributed by atoms with Crippen molar-refractivity contribution in [1.82, 2.24) is 25.1 Å². The first-order valence-electron chi connectivity index (χ1n) is 12.9. The SMILES string of the molecule is COc1cc(-c2nn(CC3(O)CCNCC3)c3ncnc(N)c23)ccc1NC(=O)C1CC1c1ccccc1. The summed E-state index contributed by atoms with van der Waals surface area (Å²) in [6.07, 6.45) is 3.49. The summed E-state index contributed by atoms with van der Waals surface area (Å²) >= 11 is 0. The van der Waals surface area contributed by atoms with Crippen molar-refractivity contribution in [3.05, 3.63) is 60.4 Å². The highest BCUT2D eigenvalue weighted by atomic mass is 16.5. The smallest absolute Gasteiger partial charge is 0.228 e. The summed E-state index contributed by atoms with van der Waals surface area (Å²) in [4.78, 5) is 21.6. The molecule has 1 aliphatic carbocycles. The maximum absolute atomic E-state index is 13.0. The molecule has 3 heterocycles. The molecule has 1 saturated carbocycles. The van der Waals surface area contributed by atoms with E-state index in [1.54, 1.807) is 11.8 Å². The largest absolute Gasteiger partial charge is 0.495 e. The zero-order chi connectivity index (χ0) is 26.3. The van der Waals surface area contributed by atoms with Crippen molar-refractivity contribution in [3.8, 4) is 17.0 Å². The minimum absolute atomic E-state index is 0.0208. The van der Waals surface area contributed by atoms with E-state index < -0.39 is 5.60 Å². The molecule has 2 aliphatic rings. The lowest BCUT2D eigenvalue weighted by atomic mass is 9.92. The highest BCUT2D eigenvalue weighted by molar-refractivity contribution is 6.00. The van der Waals surface area contributed by atoms with Crippen molar-refractivity contribution in [1.29, 1.82) is 0 Å². The molecule has 0 radical (unpaired) electrons. The van der Waals surface area contributed by atoms with Gasteiger partial charge >= 0.3 is 0 Å². The number of rotatable bonds is 7. The Labute approximate surface area is 220 Å². The van der Waals surface area contributed by atoms with Gasteiger partial charge in [0.2, 0.25) is 5.91 Å². The molecule has 196 valence electrons. The van der Waals surface area contributed by atoms with Crippen LogP contribution >= 0.6 is 0 Å². The molecule has 5 N–H and O–H groups in total. The molecule has 2 aromatic heterocycles. The van der Waals surface area contributed by atoms with Gasteiger partial charge in [-0.1, -0.05) is 36.4 Å². The Balaban J connectivity index is 1.28. The highest BCUT2D eigenvalue weighted by Gasteiger charge is 2.44. The van der Waals surface area contributed by atoms with Gasteiger partial charge in [0.05, 0.1) is 30.3 Å². The molecule has 0 spiro atoms. The second-order valence-electron chi connectivity index (χ2n) is 10.2. The van der Waals surface area contributed by atoms with Crippen LogP contribution in [0.25, 0.3) is 22.3 Å². The second kappa shape index (κ2) is 9.70. The number of anilines is 2. The third-order valence-electron chi connectivity index (χ3n) is 7.62. The van der Waals surface area contributed by atoms with Crippen LogP contribution in [0.3, 0.4) is 0 Å². The molecule has 2 atom stereocenters. The average Bonchev–Trinajstić information content (AvgIpc) is 3.66. The number of methoxy groups -OCH3 is 1. The Morgan fingerprint density at radius 2 is 2.00 bits per heavy atom. The van der Waals surface area contributed by atoms with Crippen LogP contribution in [0.1, 0.15) is 30.7 Å². The summed E-state index contributed by atoms with van der Waals surface area (Å²) in [6.45, 7) is 1.80. The van der Waals surface area contributed by atoms with Crippen LogP contribution in [0.2, 0.25) is 0 Å². The molecule has 4 aromatic rings. The lowest BCUT2D eigenvalue weighted by Gasteiger charge is -2.32.